The molecule has 1 aromatic heterocycles. The minimum absolute atomic E-state index is 0.140. The number of aromatic nitrogens is 1. The minimum atomic E-state index is -2.70. The maximum Gasteiger partial charge on any atom is 0.252 e. The Morgan fingerprint density at radius 3 is 1.80 bits per heavy atom. The van der Waals surface area contributed by atoms with Crippen LogP contribution in [0.2, 0.25) is 0 Å². The topological polar surface area (TPSA) is 8.17 Å². The SMILES string of the molecule is c1ccc(N2c3ccccc3B3c4cccc5c4-n4c6c(cccc6c6ccc2c3c64)[Si]5(c2ccccc2)c2ccccc2)cc1. The van der Waals surface area contributed by atoms with Crippen LogP contribution < -0.4 is 42.0 Å². The number of fused-ring (bicyclic) bond motifs is 4. The highest BCUT2D eigenvalue weighted by molar-refractivity contribution is 7.22. The number of hydrogen-bond acceptors (Lipinski definition) is 1. The third-order valence-electron chi connectivity index (χ3n) is 10.8. The van der Waals surface area contributed by atoms with Crippen molar-refractivity contribution < 1.29 is 0 Å². The van der Waals surface area contributed by atoms with E-state index < -0.39 is 8.07 Å². The van der Waals surface area contributed by atoms with Crippen LogP contribution in [-0.2, 0) is 0 Å². The lowest BCUT2D eigenvalue weighted by molar-refractivity contribution is 1.19. The van der Waals surface area contributed by atoms with Crippen LogP contribution >= 0.6 is 0 Å². The zero-order chi connectivity index (χ0) is 30.0. The number of anilines is 3. The van der Waals surface area contributed by atoms with E-state index >= 15 is 0 Å². The van der Waals surface area contributed by atoms with E-state index in [2.05, 4.69) is 173 Å². The van der Waals surface area contributed by atoms with Crippen molar-refractivity contribution in [3.63, 3.8) is 0 Å². The van der Waals surface area contributed by atoms with Crippen LogP contribution in [0.15, 0.2) is 164 Å². The van der Waals surface area contributed by atoms with E-state index in [1.165, 1.54) is 81.7 Å². The van der Waals surface area contributed by atoms with Gasteiger partial charge in [0.1, 0.15) is 0 Å². The standard InChI is InChI=1S/C42H27BN2Si/c1-4-14-28(15-5-1)44-35-23-11-10-21-33(35)43-34-22-13-25-38-42(34)45-40-31(32-26-27-36(44)39(43)41(32)45)20-12-24-37(40)46(38,29-16-6-2-7-17-29)30-18-8-3-9-19-30/h1-27H. The molecular formula is C42H27BN2Si. The second-order valence-corrected chi connectivity index (χ2v) is 16.6. The first-order valence-corrected chi connectivity index (χ1v) is 18.2. The molecule has 3 aliphatic heterocycles. The molecule has 0 saturated heterocycles. The Bertz CT molecular complexity index is 2500. The number of para-hydroxylation sites is 4. The Balaban J connectivity index is 1.38. The minimum Gasteiger partial charge on any atom is -0.311 e. The van der Waals surface area contributed by atoms with Crippen LogP contribution in [-0.4, -0.2) is 19.4 Å². The van der Waals surface area contributed by atoms with Crippen molar-refractivity contribution in [2.45, 2.75) is 0 Å². The van der Waals surface area contributed by atoms with Crippen molar-refractivity contribution >= 4 is 90.8 Å². The van der Waals surface area contributed by atoms with Gasteiger partial charge in [0, 0.05) is 33.5 Å². The van der Waals surface area contributed by atoms with E-state index in [1.54, 1.807) is 0 Å². The molecule has 0 radical (unpaired) electrons. The van der Waals surface area contributed by atoms with Crippen molar-refractivity contribution in [2.75, 3.05) is 4.90 Å². The van der Waals surface area contributed by atoms with Crippen LogP contribution in [0, 0.1) is 0 Å². The first kappa shape index (κ1) is 24.7. The molecule has 4 heterocycles. The number of nitrogens with zero attached hydrogens (tertiary/aromatic N) is 2. The van der Waals surface area contributed by atoms with Crippen molar-refractivity contribution in [2.24, 2.45) is 0 Å². The van der Waals surface area contributed by atoms with Crippen LogP contribution in [0.4, 0.5) is 17.1 Å². The van der Waals surface area contributed by atoms with Gasteiger partial charge in [-0.1, -0.05) is 140 Å². The summed E-state index contributed by atoms with van der Waals surface area (Å²) >= 11 is 0. The molecule has 0 saturated carbocycles. The largest absolute Gasteiger partial charge is 0.311 e. The highest BCUT2D eigenvalue weighted by Crippen LogP contribution is 2.43. The van der Waals surface area contributed by atoms with Gasteiger partial charge in [-0.05, 0) is 61.4 Å². The molecule has 0 amide bonds. The molecular weight excluding hydrogens is 571 g/mol. The quantitative estimate of drug-likeness (QED) is 0.258. The van der Waals surface area contributed by atoms with Gasteiger partial charge in [-0.2, -0.15) is 0 Å². The lowest BCUT2D eigenvalue weighted by Crippen LogP contribution is -2.78. The fourth-order valence-corrected chi connectivity index (χ4v) is 14.4. The monoisotopic (exact) mass is 598 g/mol. The average Bonchev–Trinajstić information content (AvgIpc) is 3.48. The van der Waals surface area contributed by atoms with E-state index in [4.69, 9.17) is 0 Å². The van der Waals surface area contributed by atoms with Gasteiger partial charge >= 0.3 is 0 Å². The third kappa shape index (κ3) is 2.81. The Morgan fingerprint density at radius 1 is 0.435 bits per heavy atom. The van der Waals surface area contributed by atoms with Crippen LogP contribution in [0.1, 0.15) is 0 Å². The fourth-order valence-electron chi connectivity index (χ4n) is 9.23. The summed E-state index contributed by atoms with van der Waals surface area (Å²) in [4.78, 5) is 2.48. The predicted molar refractivity (Wildman–Crippen MR) is 197 cm³/mol. The molecule has 0 bridgehead atoms. The summed E-state index contributed by atoms with van der Waals surface area (Å²) in [6.45, 7) is 0.140. The van der Waals surface area contributed by atoms with E-state index in [1.807, 2.05) is 0 Å². The van der Waals surface area contributed by atoms with E-state index in [-0.39, 0.29) is 6.71 Å². The summed E-state index contributed by atoms with van der Waals surface area (Å²) in [7, 11) is -2.70. The Hall–Kier alpha value is -5.58. The summed E-state index contributed by atoms with van der Waals surface area (Å²) in [6.07, 6.45) is 0. The molecule has 46 heavy (non-hydrogen) atoms. The lowest BCUT2D eigenvalue weighted by atomic mass is 9.34. The molecule has 3 aliphatic rings. The first-order chi connectivity index (χ1) is 22.9. The Kier molecular flexibility index (Phi) is 4.72. The Labute approximate surface area is 268 Å². The molecule has 8 aromatic rings. The zero-order valence-corrected chi connectivity index (χ0v) is 26.1. The number of rotatable bonds is 3. The number of benzene rings is 7. The molecule has 0 unspecified atom stereocenters. The average molecular weight is 599 g/mol. The van der Waals surface area contributed by atoms with Gasteiger partial charge < -0.3 is 9.47 Å². The second kappa shape index (κ2) is 8.78. The van der Waals surface area contributed by atoms with Crippen molar-refractivity contribution in [3.8, 4) is 5.69 Å². The predicted octanol–water partition coefficient (Wildman–Crippen LogP) is 5.09. The molecule has 212 valence electrons. The van der Waals surface area contributed by atoms with Crippen molar-refractivity contribution in [1.29, 1.82) is 0 Å². The molecule has 0 atom stereocenters. The molecule has 2 nitrogen and oxygen atoms in total. The number of hydrogen-bond donors (Lipinski definition) is 0. The molecule has 0 aliphatic carbocycles. The maximum atomic E-state index is 2.67. The zero-order valence-electron chi connectivity index (χ0n) is 25.1. The van der Waals surface area contributed by atoms with Crippen molar-refractivity contribution in [3.05, 3.63) is 164 Å². The molecule has 7 aromatic carbocycles. The molecule has 11 rings (SSSR count). The molecule has 0 fully saturated rings. The van der Waals surface area contributed by atoms with Gasteiger partial charge in [0.15, 0.2) is 8.07 Å². The van der Waals surface area contributed by atoms with E-state index in [9.17, 15) is 0 Å². The van der Waals surface area contributed by atoms with Crippen LogP contribution in [0.25, 0.3) is 27.5 Å². The van der Waals surface area contributed by atoms with Gasteiger partial charge in [0.05, 0.1) is 11.0 Å². The van der Waals surface area contributed by atoms with Gasteiger partial charge in [-0.3, -0.25) is 0 Å². The highest BCUT2D eigenvalue weighted by Gasteiger charge is 2.51. The normalized spacial score (nSPS) is 14.6. The first-order valence-electron chi connectivity index (χ1n) is 16.2. The van der Waals surface area contributed by atoms with Gasteiger partial charge in [-0.15, -0.1) is 0 Å². The summed E-state index contributed by atoms with van der Waals surface area (Å²) in [5.41, 5.74) is 12.1. The fraction of sp³-hybridized carbons (Fsp3) is 0. The highest BCUT2D eigenvalue weighted by atomic mass is 28.3. The molecule has 0 spiro atoms. The van der Waals surface area contributed by atoms with Gasteiger partial charge in [0.2, 0.25) is 0 Å². The maximum absolute atomic E-state index is 2.70. The second-order valence-electron chi connectivity index (χ2n) is 12.8. The third-order valence-corrected chi connectivity index (χ3v) is 15.6. The summed E-state index contributed by atoms with van der Waals surface area (Å²) in [6, 6.07) is 61.8. The molecule has 4 heteroatoms. The van der Waals surface area contributed by atoms with Gasteiger partial charge in [0.25, 0.3) is 6.71 Å². The van der Waals surface area contributed by atoms with Gasteiger partial charge in [-0.25, -0.2) is 0 Å². The summed E-state index contributed by atoms with van der Waals surface area (Å²) in [5.74, 6) is 0. The summed E-state index contributed by atoms with van der Waals surface area (Å²) < 4.78 is 2.67. The van der Waals surface area contributed by atoms with E-state index in [0.717, 1.165) is 0 Å². The van der Waals surface area contributed by atoms with E-state index in [0.29, 0.717) is 0 Å². The smallest absolute Gasteiger partial charge is 0.252 e. The molecule has 0 N–H and O–H groups in total. The Morgan fingerprint density at radius 2 is 1.04 bits per heavy atom. The lowest BCUT2D eigenvalue weighted by Gasteiger charge is -2.44. The van der Waals surface area contributed by atoms with Crippen LogP contribution in [0.3, 0.4) is 0 Å². The van der Waals surface area contributed by atoms with Crippen molar-refractivity contribution in [1.82, 2.24) is 4.57 Å². The van der Waals surface area contributed by atoms with Crippen LogP contribution in [0.5, 0.6) is 0 Å². The summed E-state index contributed by atoms with van der Waals surface area (Å²) in [5, 5.41) is 8.53.